The Bertz CT molecular complexity index is 2470. The van der Waals surface area contributed by atoms with E-state index < -0.39 is 0 Å². The Morgan fingerprint density at radius 1 is 0.675 bits per heavy atom. The van der Waals surface area contributed by atoms with E-state index in [0.29, 0.717) is 0 Å². The number of benzene rings is 6. The zero-order chi connectivity index (χ0) is 26.4. The normalized spacial score (nSPS) is 12.1. The summed E-state index contributed by atoms with van der Waals surface area (Å²) in [6.07, 6.45) is 2.20. The fourth-order valence-electron chi connectivity index (χ4n) is 6.40. The van der Waals surface area contributed by atoms with Crippen LogP contribution in [0.1, 0.15) is 0 Å². The fourth-order valence-corrected chi connectivity index (χ4v) is 7.60. The Hall–Kier alpha value is -4.93. The largest absolute Gasteiger partial charge is 0.497 e. The van der Waals surface area contributed by atoms with Crippen LogP contribution in [0.25, 0.3) is 80.3 Å². The summed E-state index contributed by atoms with van der Waals surface area (Å²) in [4.78, 5) is 5.23. The molecule has 0 bridgehead atoms. The predicted molar refractivity (Wildman–Crippen MR) is 170 cm³/mol. The van der Waals surface area contributed by atoms with E-state index in [4.69, 9.17) is 9.72 Å². The Balaban J connectivity index is 1.39. The number of imidazole rings is 1. The predicted octanol–water partition coefficient (Wildman–Crippen LogP) is 9.99. The van der Waals surface area contributed by atoms with Gasteiger partial charge < -0.3 is 4.74 Å². The lowest BCUT2D eigenvalue weighted by Gasteiger charge is -2.13. The van der Waals surface area contributed by atoms with Gasteiger partial charge in [0.25, 0.3) is 0 Å². The highest BCUT2D eigenvalue weighted by molar-refractivity contribution is 7.26. The van der Waals surface area contributed by atoms with Crippen LogP contribution in [0, 0.1) is 0 Å². The second-order valence-electron chi connectivity index (χ2n) is 10.4. The first-order valence-corrected chi connectivity index (χ1v) is 14.2. The maximum Gasteiger partial charge on any atom is 0.156 e. The molecule has 0 saturated carbocycles. The minimum absolute atomic E-state index is 0.859. The maximum absolute atomic E-state index is 5.45. The number of hydrogen-bond acceptors (Lipinski definition) is 3. The SMILES string of the molecule is COc1ccc(-c2c3ccccc3cc3cc4nc5c6sc7ccc8ccccc8c7c6ccn5c4cc23)cc1. The lowest BCUT2D eigenvalue weighted by atomic mass is 9.92. The fraction of sp³-hybridized carbons (Fsp3) is 0.0278. The summed E-state index contributed by atoms with van der Waals surface area (Å²) in [5.41, 5.74) is 5.57. The molecule has 0 spiro atoms. The number of aromatic nitrogens is 2. The summed E-state index contributed by atoms with van der Waals surface area (Å²) < 4.78 is 10.2. The molecule has 3 nitrogen and oxygen atoms in total. The van der Waals surface area contributed by atoms with Crippen molar-refractivity contribution in [3.8, 4) is 16.9 Å². The van der Waals surface area contributed by atoms with Gasteiger partial charge in [-0.15, -0.1) is 11.3 Å². The minimum Gasteiger partial charge on any atom is -0.497 e. The number of ether oxygens (including phenoxy) is 1. The third-order valence-corrected chi connectivity index (χ3v) is 9.43. The van der Waals surface area contributed by atoms with Crippen molar-refractivity contribution < 1.29 is 4.74 Å². The zero-order valence-electron chi connectivity index (χ0n) is 21.7. The average molecular weight is 531 g/mol. The molecule has 0 amide bonds. The van der Waals surface area contributed by atoms with Gasteiger partial charge in [-0.2, -0.15) is 0 Å². The van der Waals surface area contributed by atoms with E-state index in [9.17, 15) is 0 Å². The third kappa shape index (κ3) is 2.97. The van der Waals surface area contributed by atoms with Crippen LogP contribution < -0.4 is 4.74 Å². The Kier molecular flexibility index (Phi) is 4.41. The van der Waals surface area contributed by atoms with Gasteiger partial charge in [0.15, 0.2) is 5.65 Å². The van der Waals surface area contributed by atoms with Crippen molar-refractivity contribution in [3.05, 3.63) is 115 Å². The van der Waals surface area contributed by atoms with Crippen LogP contribution in [-0.2, 0) is 0 Å². The molecule has 6 aromatic carbocycles. The quantitative estimate of drug-likeness (QED) is 0.208. The second kappa shape index (κ2) is 8.04. The molecule has 0 fully saturated rings. The van der Waals surface area contributed by atoms with Crippen LogP contribution in [0.15, 0.2) is 115 Å². The molecule has 4 heteroatoms. The van der Waals surface area contributed by atoms with E-state index in [1.165, 1.54) is 63.6 Å². The van der Waals surface area contributed by atoms with Gasteiger partial charge in [-0.25, -0.2) is 4.98 Å². The number of fused-ring (bicyclic) bond motifs is 11. The van der Waals surface area contributed by atoms with E-state index in [1.807, 2.05) is 23.5 Å². The number of pyridine rings is 1. The first-order chi connectivity index (χ1) is 19.8. The first-order valence-electron chi connectivity index (χ1n) is 13.4. The molecule has 3 heterocycles. The van der Waals surface area contributed by atoms with E-state index in [2.05, 4.69) is 108 Å². The zero-order valence-corrected chi connectivity index (χ0v) is 22.5. The van der Waals surface area contributed by atoms with Gasteiger partial charge in [0, 0.05) is 21.7 Å². The molecule has 0 radical (unpaired) electrons. The standard InChI is InChI=1S/C36H22N2OS/c1-39-25-13-10-22(11-14-25)33-27-9-5-3-7-23(27)18-24-19-30-31(20-29(24)33)38-17-16-28-34-26-8-4-2-6-21(26)12-15-32(34)40-35(28)36(38)37-30/h2-20H,1H3. The molecule has 0 aliphatic rings. The van der Waals surface area contributed by atoms with Crippen molar-refractivity contribution >= 4 is 80.5 Å². The lowest BCUT2D eigenvalue weighted by molar-refractivity contribution is 0.415. The van der Waals surface area contributed by atoms with Crippen molar-refractivity contribution in [3.63, 3.8) is 0 Å². The molecular weight excluding hydrogens is 508 g/mol. The molecule has 0 saturated heterocycles. The first kappa shape index (κ1) is 21.9. The van der Waals surface area contributed by atoms with Crippen molar-refractivity contribution in [1.29, 1.82) is 0 Å². The van der Waals surface area contributed by atoms with Gasteiger partial charge in [0.1, 0.15) is 5.75 Å². The molecular formula is C36H22N2OS. The van der Waals surface area contributed by atoms with E-state index in [1.54, 1.807) is 7.11 Å². The number of rotatable bonds is 2. The van der Waals surface area contributed by atoms with Gasteiger partial charge in [0.05, 0.1) is 22.8 Å². The molecule has 9 rings (SSSR count). The van der Waals surface area contributed by atoms with Gasteiger partial charge in [-0.3, -0.25) is 4.40 Å². The molecule has 0 N–H and O–H groups in total. The third-order valence-electron chi connectivity index (χ3n) is 8.26. The van der Waals surface area contributed by atoms with Gasteiger partial charge >= 0.3 is 0 Å². The van der Waals surface area contributed by atoms with Gasteiger partial charge in [-0.05, 0) is 85.9 Å². The second-order valence-corrected chi connectivity index (χ2v) is 11.4. The average Bonchev–Trinajstić information content (AvgIpc) is 3.57. The van der Waals surface area contributed by atoms with Crippen LogP contribution in [0.2, 0.25) is 0 Å². The molecule has 9 aromatic rings. The molecule has 0 aliphatic heterocycles. The van der Waals surface area contributed by atoms with E-state index in [-0.39, 0.29) is 0 Å². The van der Waals surface area contributed by atoms with Crippen LogP contribution in [0.5, 0.6) is 5.75 Å². The number of nitrogens with zero attached hydrogens (tertiary/aromatic N) is 2. The summed E-state index contributed by atoms with van der Waals surface area (Å²) in [6, 6.07) is 39.3. The maximum atomic E-state index is 5.45. The highest BCUT2D eigenvalue weighted by Crippen LogP contribution is 2.42. The molecule has 0 atom stereocenters. The Labute approximate surface area is 233 Å². The Morgan fingerprint density at radius 2 is 1.48 bits per heavy atom. The number of methoxy groups -OCH3 is 1. The molecule has 40 heavy (non-hydrogen) atoms. The highest BCUT2D eigenvalue weighted by atomic mass is 32.1. The van der Waals surface area contributed by atoms with Gasteiger partial charge in [-0.1, -0.05) is 66.7 Å². The van der Waals surface area contributed by atoms with Crippen molar-refractivity contribution in [1.82, 2.24) is 9.38 Å². The topological polar surface area (TPSA) is 26.5 Å². The smallest absolute Gasteiger partial charge is 0.156 e. The van der Waals surface area contributed by atoms with Crippen molar-refractivity contribution in [2.24, 2.45) is 0 Å². The van der Waals surface area contributed by atoms with E-state index >= 15 is 0 Å². The van der Waals surface area contributed by atoms with Crippen LogP contribution in [0.3, 0.4) is 0 Å². The molecule has 3 aromatic heterocycles. The molecule has 0 unspecified atom stereocenters. The summed E-state index contributed by atoms with van der Waals surface area (Å²) >= 11 is 1.84. The minimum atomic E-state index is 0.859. The van der Waals surface area contributed by atoms with Crippen LogP contribution in [-0.4, -0.2) is 16.5 Å². The van der Waals surface area contributed by atoms with E-state index in [0.717, 1.165) is 22.4 Å². The summed E-state index contributed by atoms with van der Waals surface area (Å²) in [5.74, 6) is 0.859. The van der Waals surface area contributed by atoms with Crippen LogP contribution >= 0.6 is 11.3 Å². The highest BCUT2D eigenvalue weighted by Gasteiger charge is 2.17. The summed E-state index contributed by atoms with van der Waals surface area (Å²) in [5, 5.41) is 10.1. The molecule has 0 aliphatic carbocycles. The monoisotopic (exact) mass is 530 g/mol. The van der Waals surface area contributed by atoms with Crippen molar-refractivity contribution in [2.75, 3.05) is 7.11 Å². The number of hydrogen-bond donors (Lipinski definition) is 0. The van der Waals surface area contributed by atoms with Crippen molar-refractivity contribution in [2.45, 2.75) is 0 Å². The van der Waals surface area contributed by atoms with Gasteiger partial charge in [0.2, 0.25) is 0 Å². The summed E-state index contributed by atoms with van der Waals surface area (Å²) in [7, 11) is 1.71. The summed E-state index contributed by atoms with van der Waals surface area (Å²) in [6.45, 7) is 0. The Morgan fingerprint density at radius 3 is 2.33 bits per heavy atom. The lowest BCUT2D eigenvalue weighted by Crippen LogP contribution is -1.88. The number of thiophene rings is 1. The van der Waals surface area contributed by atoms with Crippen LogP contribution in [0.4, 0.5) is 0 Å². The molecule has 188 valence electrons.